The van der Waals surface area contributed by atoms with Gasteiger partial charge in [-0.25, -0.2) is 0 Å². The van der Waals surface area contributed by atoms with Gasteiger partial charge in [0.2, 0.25) is 0 Å². The topological polar surface area (TPSA) is 38.9 Å². The first-order valence-electron chi connectivity index (χ1n) is 5.40. The molecule has 0 aliphatic rings. The standard InChI is InChI=1S/C14H16N2/c1-10-3-4-11(2)13(5-10)6-12-7-14(15)9-16-8-12/h3-5,7-9H,6,15H2,1-2H3. The maximum Gasteiger partial charge on any atom is 0.0503 e. The summed E-state index contributed by atoms with van der Waals surface area (Å²) in [5, 5.41) is 0. The quantitative estimate of drug-likeness (QED) is 0.831. The molecule has 0 radical (unpaired) electrons. The third-order valence-corrected chi connectivity index (χ3v) is 2.72. The van der Waals surface area contributed by atoms with Crippen LogP contribution in [0.4, 0.5) is 5.69 Å². The smallest absolute Gasteiger partial charge is 0.0503 e. The van der Waals surface area contributed by atoms with Gasteiger partial charge >= 0.3 is 0 Å². The van der Waals surface area contributed by atoms with E-state index in [0.717, 1.165) is 17.7 Å². The van der Waals surface area contributed by atoms with Crippen LogP contribution in [-0.4, -0.2) is 4.98 Å². The highest BCUT2D eigenvalue weighted by Crippen LogP contribution is 2.16. The van der Waals surface area contributed by atoms with Crippen LogP contribution in [0, 0.1) is 13.8 Å². The number of hydrogen-bond donors (Lipinski definition) is 1. The number of nitrogen functional groups attached to an aromatic ring is 1. The Balaban J connectivity index is 2.30. The first kappa shape index (κ1) is 10.7. The molecule has 1 aromatic carbocycles. The summed E-state index contributed by atoms with van der Waals surface area (Å²) >= 11 is 0. The Morgan fingerprint density at radius 1 is 1.12 bits per heavy atom. The number of nitrogens with two attached hydrogens (primary N) is 1. The molecule has 82 valence electrons. The zero-order chi connectivity index (χ0) is 11.5. The summed E-state index contributed by atoms with van der Waals surface area (Å²) in [6, 6.07) is 8.49. The van der Waals surface area contributed by atoms with Crippen LogP contribution in [0.5, 0.6) is 0 Å². The number of anilines is 1. The molecule has 2 aromatic rings. The molecule has 0 unspecified atom stereocenters. The van der Waals surface area contributed by atoms with E-state index in [4.69, 9.17) is 5.73 Å². The fourth-order valence-corrected chi connectivity index (χ4v) is 1.81. The van der Waals surface area contributed by atoms with E-state index >= 15 is 0 Å². The minimum absolute atomic E-state index is 0.725. The summed E-state index contributed by atoms with van der Waals surface area (Å²) in [7, 11) is 0. The van der Waals surface area contributed by atoms with Crippen LogP contribution in [-0.2, 0) is 6.42 Å². The van der Waals surface area contributed by atoms with Gasteiger partial charge < -0.3 is 5.73 Å². The van der Waals surface area contributed by atoms with Crippen LogP contribution in [0.1, 0.15) is 22.3 Å². The first-order valence-corrected chi connectivity index (χ1v) is 5.40. The third-order valence-electron chi connectivity index (χ3n) is 2.72. The van der Waals surface area contributed by atoms with Crippen molar-refractivity contribution in [2.45, 2.75) is 20.3 Å². The Morgan fingerprint density at radius 3 is 2.69 bits per heavy atom. The van der Waals surface area contributed by atoms with Gasteiger partial charge in [0.1, 0.15) is 0 Å². The van der Waals surface area contributed by atoms with Gasteiger partial charge in [-0.05, 0) is 43.0 Å². The minimum Gasteiger partial charge on any atom is -0.397 e. The average Bonchev–Trinajstić information content (AvgIpc) is 2.24. The van der Waals surface area contributed by atoms with Crippen LogP contribution in [0.2, 0.25) is 0 Å². The molecule has 0 aliphatic heterocycles. The molecule has 0 aliphatic carbocycles. The monoisotopic (exact) mass is 212 g/mol. The van der Waals surface area contributed by atoms with Gasteiger partial charge in [0.05, 0.1) is 5.69 Å². The lowest BCUT2D eigenvalue weighted by Gasteiger charge is -2.07. The van der Waals surface area contributed by atoms with Gasteiger partial charge in [-0.15, -0.1) is 0 Å². The van der Waals surface area contributed by atoms with Crippen molar-refractivity contribution in [3.63, 3.8) is 0 Å². The number of hydrogen-bond acceptors (Lipinski definition) is 2. The Bertz CT molecular complexity index is 504. The second kappa shape index (κ2) is 4.35. The molecule has 0 amide bonds. The van der Waals surface area contributed by atoms with Crippen molar-refractivity contribution < 1.29 is 0 Å². The average molecular weight is 212 g/mol. The molecule has 2 nitrogen and oxygen atoms in total. The fraction of sp³-hybridized carbons (Fsp3) is 0.214. The Morgan fingerprint density at radius 2 is 1.94 bits per heavy atom. The van der Waals surface area contributed by atoms with E-state index in [2.05, 4.69) is 37.0 Å². The number of pyridine rings is 1. The summed E-state index contributed by atoms with van der Waals surface area (Å²) < 4.78 is 0. The molecule has 2 rings (SSSR count). The van der Waals surface area contributed by atoms with Crippen molar-refractivity contribution in [1.29, 1.82) is 0 Å². The molecule has 1 aromatic heterocycles. The molecule has 1 heterocycles. The van der Waals surface area contributed by atoms with E-state index in [0.29, 0.717) is 0 Å². The molecule has 0 fully saturated rings. The van der Waals surface area contributed by atoms with Crippen LogP contribution < -0.4 is 5.73 Å². The van der Waals surface area contributed by atoms with Crippen molar-refractivity contribution in [1.82, 2.24) is 4.98 Å². The third kappa shape index (κ3) is 2.40. The molecule has 0 saturated carbocycles. The highest BCUT2D eigenvalue weighted by atomic mass is 14.7. The number of rotatable bonds is 2. The molecular formula is C14H16N2. The van der Waals surface area contributed by atoms with Crippen molar-refractivity contribution in [3.05, 3.63) is 58.9 Å². The van der Waals surface area contributed by atoms with E-state index < -0.39 is 0 Å². The maximum absolute atomic E-state index is 5.72. The molecular weight excluding hydrogens is 196 g/mol. The number of nitrogens with zero attached hydrogens (tertiary/aromatic N) is 1. The van der Waals surface area contributed by atoms with Gasteiger partial charge in [-0.2, -0.15) is 0 Å². The Labute approximate surface area is 96.1 Å². The summed E-state index contributed by atoms with van der Waals surface area (Å²) in [6.07, 6.45) is 4.44. The lowest BCUT2D eigenvalue weighted by atomic mass is 9.99. The predicted octanol–water partition coefficient (Wildman–Crippen LogP) is 2.87. The van der Waals surface area contributed by atoms with Crippen LogP contribution in [0.15, 0.2) is 36.7 Å². The summed E-state index contributed by atoms with van der Waals surface area (Å²) in [6.45, 7) is 4.25. The van der Waals surface area contributed by atoms with Gasteiger partial charge in [-0.3, -0.25) is 4.98 Å². The second-order valence-electron chi connectivity index (χ2n) is 4.23. The minimum atomic E-state index is 0.725. The second-order valence-corrected chi connectivity index (χ2v) is 4.23. The van der Waals surface area contributed by atoms with Gasteiger partial charge in [0, 0.05) is 12.4 Å². The van der Waals surface area contributed by atoms with Gasteiger partial charge in [0.25, 0.3) is 0 Å². The zero-order valence-corrected chi connectivity index (χ0v) is 9.70. The van der Waals surface area contributed by atoms with Crippen LogP contribution in [0.25, 0.3) is 0 Å². The summed E-state index contributed by atoms with van der Waals surface area (Å²) in [5.74, 6) is 0. The molecule has 16 heavy (non-hydrogen) atoms. The molecule has 0 spiro atoms. The zero-order valence-electron chi connectivity index (χ0n) is 9.70. The Kier molecular flexibility index (Phi) is 2.91. The van der Waals surface area contributed by atoms with Crippen molar-refractivity contribution in [2.24, 2.45) is 0 Å². The van der Waals surface area contributed by atoms with Crippen molar-refractivity contribution >= 4 is 5.69 Å². The predicted molar refractivity (Wildman–Crippen MR) is 67.4 cm³/mol. The summed E-state index contributed by atoms with van der Waals surface area (Å²) in [4.78, 5) is 4.11. The SMILES string of the molecule is Cc1ccc(C)c(Cc2cncc(N)c2)c1. The van der Waals surface area contributed by atoms with E-state index in [1.807, 2.05) is 12.3 Å². The lowest BCUT2D eigenvalue weighted by molar-refractivity contribution is 1.12. The van der Waals surface area contributed by atoms with E-state index in [9.17, 15) is 0 Å². The van der Waals surface area contributed by atoms with Gasteiger partial charge in [0.15, 0.2) is 0 Å². The van der Waals surface area contributed by atoms with Crippen LogP contribution >= 0.6 is 0 Å². The highest BCUT2D eigenvalue weighted by Gasteiger charge is 2.01. The summed E-state index contributed by atoms with van der Waals surface area (Å²) in [5.41, 5.74) is 11.5. The largest absolute Gasteiger partial charge is 0.397 e. The fourth-order valence-electron chi connectivity index (χ4n) is 1.81. The molecule has 0 bridgehead atoms. The Hall–Kier alpha value is -1.83. The first-order chi connectivity index (χ1) is 7.65. The molecule has 2 N–H and O–H groups in total. The number of aromatic nitrogens is 1. The normalized spacial score (nSPS) is 10.4. The van der Waals surface area contributed by atoms with E-state index in [1.165, 1.54) is 16.7 Å². The van der Waals surface area contributed by atoms with Crippen molar-refractivity contribution in [2.75, 3.05) is 5.73 Å². The molecule has 0 atom stereocenters. The molecule has 0 saturated heterocycles. The van der Waals surface area contributed by atoms with Gasteiger partial charge in [-0.1, -0.05) is 23.8 Å². The number of benzene rings is 1. The lowest BCUT2D eigenvalue weighted by Crippen LogP contribution is -1.95. The number of aryl methyl sites for hydroxylation is 2. The van der Waals surface area contributed by atoms with E-state index in [-0.39, 0.29) is 0 Å². The van der Waals surface area contributed by atoms with Crippen molar-refractivity contribution in [3.8, 4) is 0 Å². The van der Waals surface area contributed by atoms with Crippen LogP contribution in [0.3, 0.4) is 0 Å². The highest BCUT2D eigenvalue weighted by molar-refractivity contribution is 5.40. The maximum atomic E-state index is 5.72. The molecule has 2 heteroatoms. The van der Waals surface area contributed by atoms with E-state index in [1.54, 1.807) is 6.20 Å².